The van der Waals surface area contributed by atoms with Crippen LogP contribution in [-0.2, 0) is 9.57 Å². The molecule has 86 valence electrons. The molecule has 1 N–H and O–H groups in total. The van der Waals surface area contributed by atoms with Crippen molar-refractivity contribution >= 4 is 11.7 Å². The Hall–Kier alpha value is -2.04. The third-order valence-electron chi connectivity index (χ3n) is 2.05. The Kier molecular flexibility index (Phi) is 3.88. The number of aromatic hydroxyl groups is 1. The molecule has 0 saturated heterocycles. The topological polar surface area (TPSA) is 68.1 Å². The van der Waals surface area contributed by atoms with Gasteiger partial charge in [-0.1, -0.05) is 17.3 Å². The molecule has 0 heterocycles. The van der Waals surface area contributed by atoms with Crippen LogP contribution in [0.5, 0.6) is 5.75 Å². The van der Waals surface area contributed by atoms with E-state index in [2.05, 4.69) is 14.7 Å². The van der Waals surface area contributed by atoms with E-state index in [1.165, 1.54) is 20.3 Å². The van der Waals surface area contributed by atoms with Gasteiger partial charge in [0.2, 0.25) is 0 Å². The molecule has 0 radical (unpaired) electrons. The standard InChI is InChI=1S/C11H13NO4/c1-7(12-16-3)8-5-4-6-9(13)10(8)11(14)15-2/h4-6,13H,1-3H3/b12-7+. The molecule has 0 aliphatic carbocycles. The van der Waals surface area contributed by atoms with Crippen molar-refractivity contribution in [3.63, 3.8) is 0 Å². The van der Waals surface area contributed by atoms with Crippen molar-refractivity contribution < 1.29 is 19.5 Å². The van der Waals surface area contributed by atoms with Crippen molar-refractivity contribution in [2.45, 2.75) is 6.92 Å². The third-order valence-corrected chi connectivity index (χ3v) is 2.05. The molecule has 1 aromatic carbocycles. The van der Waals surface area contributed by atoms with Crippen LogP contribution in [-0.4, -0.2) is 31.0 Å². The zero-order chi connectivity index (χ0) is 12.1. The van der Waals surface area contributed by atoms with Gasteiger partial charge in [0, 0.05) is 5.56 Å². The van der Waals surface area contributed by atoms with Gasteiger partial charge in [0.1, 0.15) is 18.4 Å². The van der Waals surface area contributed by atoms with Crippen LogP contribution < -0.4 is 0 Å². The average molecular weight is 223 g/mol. The molecule has 0 bridgehead atoms. The third kappa shape index (κ3) is 2.31. The first-order valence-electron chi connectivity index (χ1n) is 4.60. The maximum absolute atomic E-state index is 11.5. The Bertz CT molecular complexity index is 426. The van der Waals surface area contributed by atoms with Crippen LogP contribution in [0.4, 0.5) is 0 Å². The minimum absolute atomic E-state index is 0.0864. The highest BCUT2D eigenvalue weighted by Crippen LogP contribution is 2.22. The number of rotatable bonds is 3. The van der Waals surface area contributed by atoms with E-state index < -0.39 is 5.97 Å². The number of carbonyl (C=O) groups is 1. The fraction of sp³-hybridized carbons (Fsp3) is 0.273. The molecule has 0 aliphatic rings. The quantitative estimate of drug-likeness (QED) is 0.479. The highest BCUT2D eigenvalue weighted by Gasteiger charge is 2.18. The summed E-state index contributed by atoms with van der Waals surface area (Å²) in [7, 11) is 2.66. The zero-order valence-electron chi connectivity index (χ0n) is 9.35. The van der Waals surface area contributed by atoms with Crippen LogP contribution in [0.2, 0.25) is 0 Å². The van der Waals surface area contributed by atoms with Crippen LogP contribution in [0.3, 0.4) is 0 Å². The Morgan fingerprint density at radius 2 is 2.06 bits per heavy atom. The molecule has 0 aliphatic heterocycles. The predicted molar refractivity (Wildman–Crippen MR) is 58.7 cm³/mol. The van der Waals surface area contributed by atoms with Crippen molar-refractivity contribution in [3.05, 3.63) is 29.3 Å². The van der Waals surface area contributed by atoms with Gasteiger partial charge in [0.05, 0.1) is 12.8 Å². The molecule has 0 unspecified atom stereocenters. The van der Waals surface area contributed by atoms with Gasteiger partial charge in [-0.25, -0.2) is 4.79 Å². The van der Waals surface area contributed by atoms with Gasteiger partial charge >= 0.3 is 5.97 Å². The van der Waals surface area contributed by atoms with Crippen LogP contribution in [0.1, 0.15) is 22.8 Å². The van der Waals surface area contributed by atoms with E-state index >= 15 is 0 Å². The highest BCUT2D eigenvalue weighted by molar-refractivity contribution is 6.09. The maximum atomic E-state index is 11.5. The first-order valence-corrected chi connectivity index (χ1v) is 4.60. The largest absolute Gasteiger partial charge is 0.507 e. The summed E-state index contributed by atoms with van der Waals surface area (Å²) in [6.45, 7) is 1.67. The molecule has 5 nitrogen and oxygen atoms in total. The number of esters is 1. The van der Waals surface area contributed by atoms with E-state index in [9.17, 15) is 9.90 Å². The lowest BCUT2D eigenvalue weighted by Crippen LogP contribution is -2.09. The van der Waals surface area contributed by atoms with Crippen LogP contribution >= 0.6 is 0 Å². The van der Waals surface area contributed by atoms with Crippen LogP contribution in [0.25, 0.3) is 0 Å². The molecule has 1 aromatic rings. The molecule has 0 aromatic heterocycles. The zero-order valence-corrected chi connectivity index (χ0v) is 9.35. The molecule has 0 atom stereocenters. The second-order valence-electron chi connectivity index (χ2n) is 3.05. The Morgan fingerprint density at radius 3 is 2.62 bits per heavy atom. The monoisotopic (exact) mass is 223 g/mol. The average Bonchev–Trinajstić information content (AvgIpc) is 2.28. The van der Waals surface area contributed by atoms with Crippen LogP contribution in [0.15, 0.2) is 23.4 Å². The van der Waals surface area contributed by atoms with E-state index in [-0.39, 0.29) is 11.3 Å². The number of oxime groups is 1. The minimum atomic E-state index is -0.612. The summed E-state index contributed by atoms with van der Waals surface area (Å²) >= 11 is 0. The first-order chi connectivity index (χ1) is 7.61. The van der Waals surface area contributed by atoms with Gasteiger partial charge < -0.3 is 14.7 Å². The summed E-state index contributed by atoms with van der Waals surface area (Å²) < 4.78 is 4.59. The highest BCUT2D eigenvalue weighted by atomic mass is 16.6. The number of phenols is 1. The lowest BCUT2D eigenvalue weighted by molar-refractivity contribution is 0.0597. The van der Waals surface area contributed by atoms with Gasteiger partial charge in [-0.05, 0) is 13.0 Å². The smallest absolute Gasteiger partial charge is 0.342 e. The molecular formula is C11H13NO4. The number of hydrogen-bond acceptors (Lipinski definition) is 5. The summed E-state index contributed by atoms with van der Waals surface area (Å²) in [5, 5.41) is 13.3. The molecule has 0 fully saturated rings. The van der Waals surface area contributed by atoms with Crippen molar-refractivity contribution in [2.24, 2.45) is 5.16 Å². The fourth-order valence-corrected chi connectivity index (χ4v) is 1.34. The van der Waals surface area contributed by atoms with E-state index in [0.29, 0.717) is 11.3 Å². The van der Waals surface area contributed by atoms with Gasteiger partial charge in [-0.15, -0.1) is 0 Å². The number of benzene rings is 1. The summed E-state index contributed by atoms with van der Waals surface area (Å²) in [5.74, 6) is -0.756. The Morgan fingerprint density at radius 1 is 1.38 bits per heavy atom. The Labute approximate surface area is 93.3 Å². The maximum Gasteiger partial charge on any atom is 0.342 e. The second kappa shape index (κ2) is 5.16. The number of ether oxygens (including phenoxy) is 1. The van der Waals surface area contributed by atoms with E-state index in [0.717, 1.165) is 0 Å². The molecule has 16 heavy (non-hydrogen) atoms. The molecule has 0 saturated carbocycles. The van der Waals surface area contributed by atoms with Crippen molar-refractivity contribution in [2.75, 3.05) is 14.2 Å². The molecular weight excluding hydrogens is 210 g/mol. The number of phenolic OH excluding ortho intramolecular Hbond substituents is 1. The van der Waals surface area contributed by atoms with Gasteiger partial charge in [-0.3, -0.25) is 0 Å². The van der Waals surface area contributed by atoms with Gasteiger partial charge in [0.15, 0.2) is 0 Å². The number of nitrogens with zero attached hydrogens (tertiary/aromatic N) is 1. The van der Waals surface area contributed by atoms with E-state index in [1.54, 1.807) is 19.1 Å². The lowest BCUT2D eigenvalue weighted by Gasteiger charge is -2.08. The number of methoxy groups -OCH3 is 1. The van der Waals surface area contributed by atoms with E-state index in [4.69, 9.17) is 0 Å². The summed E-state index contributed by atoms with van der Waals surface area (Å²) in [6.07, 6.45) is 0. The van der Waals surface area contributed by atoms with Gasteiger partial charge in [-0.2, -0.15) is 0 Å². The summed E-state index contributed by atoms with van der Waals surface area (Å²) in [5.41, 5.74) is 1.05. The van der Waals surface area contributed by atoms with Crippen molar-refractivity contribution in [1.82, 2.24) is 0 Å². The fourth-order valence-electron chi connectivity index (χ4n) is 1.34. The molecule has 0 spiro atoms. The molecule has 0 amide bonds. The predicted octanol–water partition coefficient (Wildman–Crippen LogP) is 1.55. The minimum Gasteiger partial charge on any atom is -0.507 e. The van der Waals surface area contributed by atoms with Crippen LogP contribution in [0, 0.1) is 0 Å². The molecule has 1 rings (SSSR count). The van der Waals surface area contributed by atoms with E-state index in [1.807, 2.05) is 0 Å². The summed E-state index contributed by atoms with van der Waals surface area (Å²) in [4.78, 5) is 16.1. The normalized spacial score (nSPS) is 11.1. The van der Waals surface area contributed by atoms with Gasteiger partial charge in [0.25, 0.3) is 0 Å². The number of carbonyl (C=O) groups excluding carboxylic acids is 1. The second-order valence-corrected chi connectivity index (χ2v) is 3.05. The van der Waals surface area contributed by atoms with Crippen molar-refractivity contribution in [1.29, 1.82) is 0 Å². The lowest BCUT2D eigenvalue weighted by atomic mass is 10.0. The first kappa shape index (κ1) is 12.0. The molecule has 5 heteroatoms. The SMILES string of the molecule is CO/N=C(\C)c1cccc(O)c1C(=O)OC. The van der Waals surface area contributed by atoms with Crippen molar-refractivity contribution in [3.8, 4) is 5.75 Å². The Balaban J connectivity index is 3.34. The summed E-state index contributed by atoms with van der Waals surface area (Å²) in [6, 6.07) is 4.69. The number of hydrogen-bond donors (Lipinski definition) is 1.